The number of benzene rings is 2. The minimum Gasteiger partial charge on any atom is -0.508 e. The first-order valence-electron chi connectivity index (χ1n) is 6.19. The second kappa shape index (κ2) is 5.17. The monoisotopic (exact) mass is 291 g/mol. The Hall–Kier alpha value is -2.01. The molecule has 106 valence electrons. The molecule has 0 bridgehead atoms. The van der Waals surface area contributed by atoms with Gasteiger partial charge < -0.3 is 5.11 Å². The molecule has 0 atom stereocenters. The van der Waals surface area contributed by atoms with Crippen LogP contribution in [0.4, 0.5) is 5.69 Å². The Bertz CT molecular complexity index is 752. The van der Waals surface area contributed by atoms with Crippen molar-refractivity contribution < 1.29 is 13.5 Å². The Labute approximate surface area is 119 Å². The number of phenols is 1. The number of anilines is 1. The quantitative estimate of drug-likeness (QED) is 0.854. The van der Waals surface area contributed by atoms with Crippen molar-refractivity contribution in [2.75, 3.05) is 4.72 Å². The van der Waals surface area contributed by atoms with Gasteiger partial charge in [-0.15, -0.1) is 0 Å². The molecule has 0 radical (unpaired) electrons. The minimum atomic E-state index is -3.63. The third-order valence-corrected chi connectivity index (χ3v) is 4.60. The second-order valence-corrected chi connectivity index (χ2v) is 6.52. The molecular formula is C15H17NO3S. The standard InChI is InChI=1S/C15H17NO3S/c1-10-4-7-15(12(3)8-10)20(18,19)16-14-6-5-13(17)9-11(14)2/h4-9,16-17H,1-3H3. The smallest absolute Gasteiger partial charge is 0.262 e. The summed E-state index contributed by atoms with van der Waals surface area (Å²) in [6.45, 7) is 5.42. The van der Waals surface area contributed by atoms with Gasteiger partial charge in [0.2, 0.25) is 0 Å². The molecule has 0 aliphatic carbocycles. The van der Waals surface area contributed by atoms with Crippen molar-refractivity contribution in [1.29, 1.82) is 0 Å². The summed E-state index contributed by atoms with van der Waals surface area (Å²) < 4.78 is 27.3. The van der Waals surface area contributed by atoms with Crippen molar-refractivity contribution in [2.24, 2.45) is 0 Å². The molecule has 0 aliphatic heterocycles. The van der Waals surface area contributed by atoms with Gasteiger partial charge in [-0.2, -0.15) is 0 Å². The number of sulfonamides is 1. The average molecular weight is 291 g/mol. The van der Waals surface area contributed by atoms with Crippen molar-refractivity contribution in [2.45, 2.75) is 25.7 Å². The van der Waals surface area contributed by atoms with Crippen LogP contribution in [0.15, 0.2) is 41.3 Å². The molecule has 2 N–H and O–H groups in total. The number of aromatic hydroxyl groups is 1. The molecule has 5 heteroatoms. The lowest BCUT2D eigenvalue weighted by Gasteiger charge is -2.13. The molecule has 2 aromatic rings. The van der Waals surface area contributed by atoms with Crippen LogP contribution in [0.3, 0.4) is 0 Å². The summed E-state index contributed by atoms with van der Waals surface area (Å²) in [5.41, 5.74) is 2.84. The fourth-order valence-electron chi connectivity index (χ4n) is 2.06. The molecule has 0 aliphatic rings. The summed E-state index contributed by atoms with van der Waals surface area (Å²) in [4.78, 5) is 0.260. The SMILES string of the molecule is Cc1ccc(S(=O)(=O)Nc2ccc(O)cc2C)c(C)c1. The third-order valence-electron chi connectivity index (χ3n) is 3.07. The van der Waals surface area contributed by atoms with Gasteiger partial charge >= 0.3 is 0 Å². The van der Waals surface area contributed by atoms with Gasteiger partial charge in [0.1, 0.15) is 5.75 Å². The zero-order valence-electron chi connectivity index (χ0n) is 11.6. The van der Waals surface area contributed by atoms with Crippen LogP contribution in [0.5, 0.6) is 5.75 Å². The molecule has 4 nitrogen and oxygen atoms in total. The van der Waals surface area contributed by atoms with Crippen molar-refractivity contribution in [1.82, 2.24) is 0 Å². The van der Waals surface area contributed by atoms with Crippen LogP contribution < -0.4 is 4.72 Å². The van der Waals surface area contributed by atoms with Crippen molar-refractivity contribution in [3.8, 4) is 5.75 Å². The van der Waals surface area contributed by atoms with Gasteiger partial charge in [0, 0.05) is 0 Å². The Balaban J connectivity index is 2.41. The van der Waals surface area contributed by atoms with E-state index < -0.39 is 10.0 Å². The molecule has 0 aromatic heterocycles. The predicted octanol–water partition coefficient (Wildman–Crippen LogP) is 3.12. The summed E-state index contributed by atoms with van der Waals surface area (Å²) in [6.07, 6.45) is 0. The van der Waals surface area contributed by atoms with E-state index in [0.717, 1.165) is 5.56 Å². The van der Waals surface area contributed by atoms with Crippen LogP contribution in [-0.4, -0.2) is 13.5 Å². The van der Waals surface area contributed by atoms with E-state index in [-0.39, 0.29) is 10.6 Å². The molecule has 0 spiro atoms. The van der Waals surface area contributed by atoms with Gasteiger partial charge in [0.15, 0.2) is 0 Å². The van der Waals surface area contributed by atoms with Crippen LogP contribution >= 0.6 is 0 Å². The average Bonchev–Trinajstić information content (AvgIpc) is 2.32. The number of phenolic OH excluding ortho intramolecular Hbond substituents is 1. The third kappa shape index (κ3) is 2.93. The molecule has 0 heterocycles. The zero-order chi connectivity index (χ0) is 14.9. The van der Waals surface area contributed by atoms with E-state index in [1.807, 2.05) is 13.0 Å². The van der Waals surface area contributed by atoms with Gasteiger partial charge in [-0.25, -0.2) is 8.42 Å². The van der Waals surface area contributed by atoms with E-state index in [4.69, 9.17) is 0 Å². The Morgan fingerprint density at radius 1 is 0.950 bits per heavy atom. The second-order valence-electron chi connectivity index (χ2n) is 4.87. The maximum Gasteiger partial charge on any atom is 0.262 e. The largest absolute Gasteiger partial charge is 0.508 e. The Morgan fingerprint density at radius 3 is 2.25 bits per heavy atom. The van der Waals surface area contributed by atoms with E-state index >= 15 is 0 Å². The lowest BCUT2D eigenvalue weighted by atomic mass is 10.2. The van der Waals surface area contributed by atoms with E-state index in [1.165, 1.54) is 12.1 Å². The van der Waals surface area contributed by atoms with Gasteiger partial charge in [-0.1, -0.05) is 17.7 Å². The number of nitrogens with one attached hydrogen (secondary N) is 1. The minimum absolute atomic E-state index is 0.108. The summed E-state index contributed by atoms with van der Waals surface area (Å²) >= 11 is 0. The van der Waals surface area contributed by atoms with Gasteiger partial charge in [0.05, 0.1) is 10.6 Å². The van der Waals surface area contributed by atoms with Crippen LogP contribution in [0.2, 0.25) is 0 Å². The van der Waals surface area contributed by atoms with Crippen molar-refractivity contribution >= 4 is 15.7 Å². The Morgan fingerprint density at radius 2 is 1.65 bits per heavy atom. The first-order valence-corrected chi connectivity index (χ1v) is 7.67. The summed E-state index contributed by atoms with van der Waals surface area (Å²) in [5.74, 6) is 0.108. The van der Waals surface area contributed by atoms with Crippen LogP contribution in [0, 0.1) is 20.8 Å². The van der Waals surface area contributed by atoms with E-state index in [1.54, 1.807) is 32.0 Å². The highest BCUT2D eigenvalue weighted by molar-refractivity contribution is 7.92. The van der Waals surface area contributed by atoms with Crippen LogP contribution in [0.25, 0.3) is 0 Å². The topological polar surface area (TPSA) is 66.4 Å². The van der Waals surface area contributed by atoms with E-state index in [2.05, 4.69) is 4.72 Å². The maximum absolute atomic E-state index is 12.4. The summed E-state index contributed by atoms with van der Waals surface area (Å²) in [6, 6.07) is 9.71. The lowest BCUT2D eigenvalue weighted by Crippen LogP contribution is -2.15. The van der Waals surface area contributed by atoms with Crippen LogP contribution in [-0.2, 0) is 10.0 Å². The maximum atomic E-state index is 12.4. The molecule has 0 amide bonds. The van der Waals surface area contributed by atoms with Gasteiger partial charge in [-0.3, -0.25) is 4.72 Å². The molecule has 0 fully saturated rings. The first-order chi connectivity index (χ1) is 9.29. The van der Waals surface area contributed by atoms with E-state index in [9.17, 15) is 13.5 Å². The van der Waals surface area contributed by atoms with Crippen LogP contribution in [0.1, 0.15) is 16.7 Å². The fraction of sp³-hybridized carbons (Fsp3) is 0.200. The first kappa shape index (κ1) is 14.4. The molecule has 0 saturated carbocycles. The normalized spacial score (nSPS) is 11.3. The number of hydrogen-bond acceptors (Lipinski definition) is 3. The highest BCUT2D eigenvalue weighted by atomic mass is 32.2. The molecule has 20 heavy (non-hydrogen) atoms. The number of aryl methyl sites for hydroxylation is 3. The highest BCUT2D eigenvalue weighted by Crippen LogP contribution is 2.24. The summed E-state index contributed by atoms with van der Waals surface area (Å²) in [7, 11) is -3.63. The Kier molecular flexibility index (Phi) is 3.72. The van der Waals surface area contributed by atoms with Crippen molar-refractivity contribution in [3.63, 3.8) is 0 Å². The van der Waals surface area contributed by atoms with Gasteiger partial charge in [0.25, 0.3) is 10.0 Å². The highest BCUT2D eigenvalue weighted by Gasteiger charge is 2.17. The molecule has 0 unspecified atom stereocenters. The molecule has 2 aromatic carbocycles. The number of rotatable bonds is 3. The predicted molar refractivity (Wildman–Crippen MR) is 79.6 cm³/mol. The lowest BCUT2D eigenvalue weighted by molar-refractivity contribution is 0.475. The van der Waals surface area contributed by atoms with Gasteiger partial charge in [-0.05, 0) is 56.2 Å². The summed E-state index contributed by atoms with van der Waals surface area (Å²) in [5, 5.41) is 9.35. The molecule has 0 saturated heterocycles. The number of hydrogen-bond donors (Lipinski definition) is 2. The fourth-order valence-corrected chi connectivity index (χ4v) is 3.42. The van der Waals surface area contributed by atoms with E-state index in [0.29, 0.717) is 16.8 Å². The zero-order valence-corrected chi connectivity index (χ0v) is 12.5. The molecule has 2 rings (SSSR count). The molecular weight excluding hydrogens is 274 g/mol. The van der Waals surface area contributed by atoms with Crippen molar-refractivity contribution in [3.05, 3.63) is 53.1 Å².